The number of nitriles is 1. The molecule has 0 aromatic carbocycles. The van der Waals surface area contributed by atoms with E-state index in [1.165, 1.54) is 25.9 Å². The Hall–Kier alpha value is -1.31. The molecule has 0 aliphatic carbocycles. The Morgan fingerprint density at radius 3 is 2.88 bits per heavy atom. The highest BCUT2D eigenvalue weighted by molar-refractivity contribution is 5.18. The van der Waals surface area contributed by atoms with Gasteiger partial charge in [-0.1, -0.05) is 0 Å². The van der Waals surface area contributed by atoms with Gasteiger partial charge in [-0.3, -0.25) is 4.90 Å². The van der Waals surface area contributed by atoms with E-state index in [0.717, 1.165) is 12.3 Å². The van der Waals surface area contributed by atoms with E-state index >= 15 is 0 Å². The summed E-state index contributed by atoms with van der Waals surface area (Å²) in [5.41, 5.74) is 0. The van der Waals surface area contributed by atoms with Crippen LogP contribution in [0.1, 0.15) is 31.3 Å². The minimum absolute atomic E-state index is 0.384. The average Bonchev–Trinajstić information content (AvgIpc) is 3.00. The van der Waals surface area contributed by atoms with Crippen molar-refractivity contribution in [3.05, 3.63) is 23.7 Å². The number of hydrogen-bond acceptors (Lipinski definition) is 4. The fraction of sp³-hybridized carbons (Fsp3) is 0.615. The molecule has 1 aromatic heterocycles. The van der Waals surface area contributed by atoms with Gasteiger partial charge >= 0.3 is 0 Å². The number of hydrogen-bond donors (Lipinski definition) is 1. The number of nitrogens with one attached hydrogen (secondary N) is 1. The van der Waals surface area contributed by atoms with E-state index in [2.05, 4.69) is 17.1 Å². The SMILES string of the molecule is CC(CNCc1ccc(C#N)o1)N1CCCC1. The largest absolute Gasteiger partial charge is 0.449 e. The van der Waals surface area contributed by atoms with Crippen molar-refractivity contribution in [2.24, 2.45) is 0 Å². The first kappa shape index (κ1) is 12.2. The van der Waals surface area contributed by atoms with E-state index in [-0.39, 0.29) is 0 Å². The first-order chi connectivity index (χ1) is 8.29. The summed E-state index contributed by atoms with van der Waals surface area (Å²) in [6, 6.07) is 6.12. The quantitative estimate of drug-likeness (QED) is 0.841. The highest BCUT2D eigenvalue weighted by atomic mass is 16.3. The van der Waals surface area contributed by atoms with Gasteiger partial charge in [0.15, 0.2) is 0 Å². The van der Waals surface area contributed by atoms with Crippen molar-refractivity contribution < 1.29 is 4.42 Å². The normalized spacial score (nSPS) is 18.1. The maximum absolute atomic E-state index is 8.64. The van der Waals surface area contributed by atoms with Crippen molar-refractivity contribution >= 4 is 0 Å². The Labute approximate surface area is 102 Å². The molecule has 2 heterocycles. The van der Waals surface area contributed by atoms with Gasteiger partial charge in [-0.25, -0.2) is 0 Å². The molecule has 1 aliphatic rings. The Kier molecular flexibility index (Phi) is 4.18. The second kappa shape index (κ2) is 5.85. The lowest BCUT2D eigenvalue weighted by molar-refractivity contribution is 0.250. The van der Waals surface area contributed by atoms with Crippen LogP contribution in [0.5, 0.6) is 0 Å². The fourth-order valence-electron chi connectivity index (χ4n) is 2.25. The molecule has 0 bridgehead atoms. The van der Waals surface area contributed by atoms with Crippen LogP contribution in [-0.2, 0) is 6.54 Å². The second-order valence-electron chi connectivity index (χ2n) is 4.60. The van der Waals surface area contributed by atoms with Gasteiger partial charge in [-0.05, 0) is 45.0 Å². The molecule has 17 heavy (non-hydrogen) atoms. The van der Waals surface area contributed by atoms with Crippen molar-refractivity contribution in [2.75, 3.05) is 19.6 Å². The predicted molar refractivity (Wildman–Crippen MR) is 65.4 cm³/mol. The molecule has 1 unspecified atom stereocenters. The van der Waals surface area contributed by atoms with E-state index in [1.54, 1.807) is 6.07 Å². The first-order valence-electron chi connectivity index (χ1n) is 6.23. The summed E-state index contributed by atoms with van der Waals surface area (Å²) in [4.78, 5) is 2.51. The molecule has 1 aromatic rings. The van der Waals surface area contributed by atoms with Gasteiger partial charge in [0.2, 0.25) is 5.76 Å². The van der Waals surface area contributed by atoms with Gasteiger partial charge in [0.05, 0.1) is 6.54 Å². The molecule has 4 nitrogen and oxygen atoms in total. The fourth-order valence-corrected chi connectivity index (χ4v) is 2.25. The smallest absolute Gasteiger partial charge is 0.203 e. The van der Waals surface area contributed by atoms with Crippen LogP contribution >= 0.6 is 0 Å². The molecular formula is C13H19N3O. The monoisotopic (exact) mass is 233 g/mol. The molecule has 1 N–H and O–H groups in total. The van der Waals surface area contributed by atoms with Gasteiger partial charge in [0.1, 0.15) is 11.8 Å². The van der Waals surface area contributed by atoms with Crippen molar-refractivity contribution in [3.8, 4) is 6.07 Å². The lowest BCUT2D eigenvalue weighted by Crippen LogP contribution is -2.38. The van der Waals surface area contributed by atoms with Crippen molar-refractivity contribution in [2.45, 2.75) is 32.4 Å². The van der Waals surface area contributed by atoms with Gasteiger partial charge in [0, 0.05) is 12.6 Å². The Morgan fingerprint density at radius 2 is 2.24 bits per heavy atom. The molecule has 0 amide bonds. The number of furan rings is 1. The Morgan fingerprint density at radius 1 is 1.47 bits per heavy atom. The van der Waals surface area contributed by atoms with Crippen molar-refractivity contribution in [3.63, 3.8) is 0 Å². The van der Waals surface area contributed by atoms with Gasteiger partial charge in [-0.2, -0.15) is 5.26 Å². The van der Waals surface area contributed by atoms with Gasteiger partial charge < -0.3 is 9.73 Å². The summed E-state index contributed by atoms with van der Waals surface area (Å²) in [7, 11) is 0. The van der Waals surface area contributed by atoms with Gasteiger partial charge in [0.25, 0.3) is 0 Å². The molecule has 92 valence electrons. The average molecular weight is 233 g/mol. The number of rotatable bonds is 5. The minimum atomic E-state index is 0.384. The Bertz CT molecular complexity index is 388. The maximum atomic E-state index is 8.64. The van der Waals surface area contributed by atoms with E-state index in [0.29, 0.717) is 18.3 Å². The summed E-state index contributed by atoms with van der Waals surface area (Å²) < 4.78 is 5.30. The van der Waals surface area contributed by atoms with Crippen LogP contribution in [0.4, 0.5) is 0 Å². The molecule has 1 saturated heterocycles. The van der Waals surface area contributed by atoms with Crippen molar-refractivity contribution in [1.82, 2.24) is 10.2 Å². The molecular weight excluding hydrogens is 214 g/mol. The lowest BCUT2D eigenvalue weighted by atomic mass is 10.3. The predicted octanol–water partition coefficient (Wildman–Crippen LogP) is 1.73. The van der Waals surface area contributed by atoms with Crippen LogP contribution in [0.2, 0.25) is 0 Å². The van der Waals surface area contributed by atoms with E-state index in [1.807, 2.05) is 12.1 Å². The summed E-state index contributed by atoms with van der Waals surface area (Å²) in [6.45, 7) is 6.36. The third-order valence-corrected chi connectivity index (χ3v) is 3.27. The number of likely N-dealkylation sites (tertiary alicyclic amines) is 1. The Balaban J connectivity index is 1.70. The summed E-state index contributed by atoms with van der Waals surface area (Å²) in [5.74, 6) is 1.21. The highest BCUT2D eigenvalue weighted by Crippen LogP contribution is 2.11. The summed E-state index contributed by atoms with van der Waals surface area (Å²) in [5, 5.41) is 12.0. The number of nitrogens with zero attached hydrogens (tertiary/aromatic N) is 2. The third-order valence-electron chi connectivity index (χ3n) is 3.27. The summed E-state index contributed by atoms with van der Waals surface area (Å²) >= 11 is 0. The van der Waals surface area contributed by atoms with Gasteiger partial charge in [-0.15, -0.1) is 0 Å². The lowest BCUT2D eigenvalue weighted by Gasteiger charge is -2.23. The topological polar surface area (TPSA) is 52.2 Å². The molecule has 4 heteroatoms. The standard InChI is InChI=1S/C13H19N3O/c1-11(16-6-2-3-7-16)9-15-10-13-5-4-12(8-14)17-13/h4-5,11,15H,2-3,6-7,9-10H2,1H3. The zero-order valence-electron chi connectivity index (χ0n) is 10.3. The van der Waals surface area contributed by atoms with E-state index in [4.69, 9.17) is 9.68 Å². The molecule has 0 spiro atoms. The third kappa shape index (κ3) is 3.32. The van der Waals surface area contributed by atoms with E-state index in [9.17, 15) is 0 Å². The summed E-state index contributed by atoms with van der Waals surface area (Å²) in [6.07, 6.45) is 2.65. The molecule has 1 aliphatic heterocycles. The molecule has 0 radical (unpaired) electrons. The second-order valence-corrected chi connectivity index (χ2v) is 4.60. The molecule has 1 fully saturated rings. The molecule has 1 atom stereocenters. The first-order valence-corrected chi connectivity index (χ1v) is 6.23. The van der Waals surface area contributed by atoms with E-state index < -0.39 is 0 Å². The molecule has 0 saturated carbocycles. The minimum Gasteiger partial charge on any atom is -0.449 e. The zero-order valence-corrected chi connectivity index (χ0v) is 10.3. The van der Waals surface area contributed by atoms with Crippen LogP contribution in [0.15, 0.2) is 16.5 Å². The highest BCUT2D eigenvalue weighted by Gasteiger charge is 2.17. The van der Waals surface area contributed by atoms with Crippen LogP contribution in [0.3, 0.4) is 0 Å². The van der Waals surface area contributed by atoms with Crippen molar-refractivity contribution in [1.29, 1.82) is 5.26 Å². The van der Waals surface area contributed by atoms with Crippen LogP contribution < -0.4 is 5.32 Å². The maximum Gasteiger partial charge on any atom is 0.203 e. The molecule has 2 rings (SSSR count). The van der Waals surface area contributed by atoms with Crippen LogP contribution in [-0.4, -0.2) is 30.6 Å². The van der Waals surface area contributed by atoms with Crippen LogP contribution in [0, 0.1) is 11.3 Å². The van der Waals surface area contributed by atoms with Crippen LogP contribution in [0.25, 0.3) is 0 Å². The zero-order chi connectivity index (χ0) is 12.1.